The number of thiazole rings is 1. The zero-order valence-corrected chi connectivity index (χ0v) is 18.5. The van der Waals surface area contributed by atoms with Crippen LogP contribution in [0.15, 0.2) is 54.6 Å². The Kier molecular flexibility index (Phi) is 7.10. The van der Waals surface area contributed by atoms with Crippen molar-refractivity contribution in [2.24, 2.45) is 0 Å². The topological polar surface area (TPSA) is 50.9 Å². The first-order valence-electron chi connectivity index (χ1n) is 11.0. The van der Waals surface area contributed by atoms with Crippen molar-refractivity contribution >= 4 is 27.5 Å². The van der Waals surface area contributed by atoms with E-state index in [-0.39, 0.29) is 11.9 Å². The molecule has 1 atom stereocenters. The highest BCUT2D eigenvalue weighted by atomic mass is 32.1. The maximum Gasteiger partial charge on any atom is 0.275 e. The molecule has 5 nitrogen and oxygen atoms in total. The number of nitrogens with zero attached hydrogens (tertiary/aromatic N) is 1. The van der Waals surface area contributed by atoms with Crippen LogP contribution in [0.2, 0.25) is 0 Å². The molecule has 0 bridgehead atoms. The van der Waals surface area contributed by atoms with Crippen molar-refractivity contribution in [3.05, 3.63) is 65.2 Å². The van der Waals surface area contributed by atoms with E-state index in [1.165, 1.54) is 20.2 Å². The van der Waals surface area contributed by atoms with Gasteiger partial charge in [0.15, 0.2) is 6.54 Å². The summed E-state index contributed by atoms with van der Waals surface area (Å²) in [5.41, 5.74) is 2.44. The fraction of sp³-hybridized carbons (Fsp3) is 0.417. The van der Waals surface area contributed by atoms with Gasteiger partial charge in [-0.3, -0.25) is 4.79 Å². The van der Waals surface area contributed by atoms with Crippen molar-refractivity contribution in [1.29, 1.82) is 0 Å². The van der Waals surface area contributed by atoms with Gasteiger partial charge in [-0.05, 0) is 37.5 Å². The third-order valence-corrected chi connectivity index (χ3v) is 6.97. The predicted octanol–water partition coefficient (Wildman–Crippen LogP) is 0.717. The largest absolute Gasteiger partial charge is 0.349 e. The Bertz CT molecular complexity index is 917. The molecule has 30 heavy (non-hydrogen) atoms. The molecular formula is C24H32N4OS+2. The highest BCUT2D eigenvalue weighted by Crippen LogP contribution is 2.20. The molecule has 1 amide bonds. The van der Waals surface area contributed by atoms with Gasteiger partial charge >= 0.3 is 0 Å². The van der Waals surface area contributed by atoms with Crippen LogP contribution in [0.1, 0.15) is 23.9 Å². The Hall–Kier alpha value is -2.28. The summed E-state index contributed by atoms with van der Waals surface area (Å²) < 4.78 is 1.27. The zero-order valence-electron chi connectivity index (χ0n) is 17.7. The SMILES string of the molecule is C[C@@H](CCc1ccccc1)NC(=O)C[NH+]1CC[NH+](Cc2nc3ccccc3s2)CC1. The van der Waals surface area contributed by atoms with Gasteiger partial charge in [-0.2, -0.15) is 0 Å². The zero-order chi connectivity index (χ0) is 20.8. The number of hydrogen-bond donors (Lipinski definition) is 3. The second-order valence-corrected chi connectivity index (χ2v) is 9.54. The van der Waals surface area contributed by atoms with Gasteiger partial charge in [0.25, 0.3) is 5.91 Å². The molecule has 3 N–H and O–H groups in total. The number of quaternary nitrogens is 2. The molecule has 0 spiro atoms. The van der Waals surface area contributed by atoms with Gasteiger partial charge in [0.2, 0.25) is 0 Å². The molecule has 158 valence electrons. The minimum atomic E-state index is 0.181. The van der Waals surface area contributed by atoms with E-state index in [4.69, 9.17) is 4.98 Å². The van der Waals surface area contributed by atoms with E-state index in [9.17, 15) is 4.79 Å². The molecule has 1 aromatic heterocycles. The molecule has 0 unspecified atom stereocenters. The quantitative estimate of drug-likeness (QED) is 0.499. The fourth-order valence-corrected chi connectivity index (χ4v) is 5.21. The lowest BCUT2D eigenvalue weighted by Crippen LogP contribution is -3.28. The lowest BCUT2D eigenvalue weighted by atomic mass is 10.1. The van der Waals surface area contributed by atoms with Crippen LogP contribution in [0.5, 0.6) is 0 Å². The van der Waals surface area contributed by atoms with Crippen molar-refractivity contribution in [3.63, 3.8) is 0 Å². The van der Waals surface area contributed by atoms with Gasteiger partial charge in [-0.15, -0.1) is 11.3 Å². The monoisotopic (exact) mass is 424 g/mol. The van der Waals surface area contributed by atoms with Crippen molar-refractivity contribution in [1.82, 2.24) is 10.3 Å². The lowest BCUT2D eigenvalue weighted by Gasteiger charge is -2.29. The van der Waals surface area contributed by atoms with Gasteiger partial charge in [-0.1, -0.05) is 42.5 Å². The second-order valence-electron chi connectivity index (χ2n) is 8.42. The van der Waals surface area contributed by atoms with Crippen molar-refractivity contribution in [3.8, 4) is 0 Å². The molecule has 1 aliphatic heterocycles. The first-order valence-corrected chi connectivity index (χ1v) is 11.8. The molecule has 6 heteroatoms. The number of para-hydroxylation sites is 1. The average Bonchev–Trinajstić information content (AvgIpc) is 3.17. The molecule has 0 saturated carbocycles. The summed E-state index contributed by atoms with van der Waals surface area (Å²) in [6.07, 6.45) is 1.98. The van der Waals surface area contributed by atoms with E-state index in [1.807, 2.05) is 23.5 Å². The number of aromatic nitrogens is 1. The highest BCUT2D eigenvalue weighted by Gasteiger charge is 2.26. The number of benzene rings is 2. The Morgan fingerprint density at radius 1 is 1.03 bits per heavy atom. The third-order valence-electron chi connectivity index (χ3n) is 5.93. The molecule has 4 rings (SSSR count). The number of carbonyl (C=O) groups excluding carboxylic acids is 1. The fourth-order valence-electron chi connectivity index (χ4n) is 4.17. The average molecular weight is 425 g/mol. The summed E-state index contributed by atoms with van der Waals surface area (Å²) in [7, 11) is 0. The Morgan fingerprint density at radius 2 is 1.73 bits per heavy atom. The molecule has 1 aliphatic rings. The van der Waals surface area contributed by atoms with E-state index in [2.05, 4.69) is 54.7 Å². The minimum absolute atomic E-state index is 0.181. The van der Waals surface area contributed by atoms with E-state index in [1.54, 1.807) is 4.90 Å². The van der Waals surface area contributed by atoms with E-state index >= 15 is 0 Å². The predicted molar refractivity (Wildman–Crippen MR) is 122 cm³/mol. The first-order chi connectivity index (χ1) is 14.7. The number of nitrogens with one attached hydrogen (secondary N) is 3. The maximum absolute atomic E-state index is 12.5. The normalized spacial score (nSPS) is 20.2. The molecule has 0 radical (unpaired) electrons. The Labute approximate surface area is 182 Å². The number of rotatable bonds is 8. The summed E-state index contributed by atoms with van der Waals surface area (Å²) >= 11 is 1.81. The van der Waals surface area contributed by atoms with Crippen LogP contribution in [-0.4, -0.2) is 49.7 Å². The van der Waals surface area contributed by atoms with Crippen LogP contribution in [-0.2, 0) is 17.8 Å². The van der Waals surface area contributed by atoms with Gasteiger partial charge in [-0.25, -0.2) is 4.98 Å². The van der Waals surface area contributed by atoms with E-state index in [0.717, 1.165) is 51.1 Å². The van der Waals surface area contributed by atoms with E-state index in [0.29, 0.717) is 6.54 Å². The molecule has 1 saturated heterocycles. The molecule has 2 aromatic carbocycles. The van der Waals surface area contributed by atoms with Crippen molar-refractivity contribution in [2.45, 2.75) is 32.4 Å². The number of carbonyl (C=O) groups is 1. The Balaban J connectivity index is 1.16. The van der Waals surface area contributed by atoms with E-state index < -0.39 is 0 Å². The molecule has 1 fully saturated rings. The first kappa shape index (κ1) is 21.0. The van der Waals surface area contributed by atoms with Crippen LogP contribution in [0.4, 0.5) is 0 Å². The maximum atomic E-state index is 12.5. The minimum Gasteiger partial charge on any atom is -0.349 e. The van der Waals surface area contributed by atoms with Crippen LogP contribution < -0.4 is 15.1 Å². The third kappa shape index (κ3) is 5.88. The van der Waals surface area contributed by atoms with Crippen LogP contribution in [0.3, 0.4) is 0 Å². The summed E-state index contributed by atoms with van der Waals surface area (Å²) in [6, 6.07) is 19.0. The molecule has 0 aliphatic carbocycles. The van der Waals surface area contributed by atoms with Crippen LogP contribution >= 0.6 is 11.3 Å². The number of fused-ring (bicyclic) bond motifs is 1. The van der Waals surface area contributed by atoms with Crippen molar-refractivity contribution in [2.75, 3.05) is 32.7 Å². The number of piperazine rings is 1. The lowest BCUT2D eigenvalue weighted by molar-refractivity contribution is -1.02. The summed E-state index contributed by atoms with van der Waals surface area (Å²) in [5, 5.41) is 4.41. The number of hydrogen-bond acceptors (Lipinski definition) is 3. The van der Waals surface area contributed by atoms with Gasteiger partial charge in [0.05, 0.1) is 10.2 Å². The standard InChI is InChI=1S/C24H30N4OS/c1-19(11-12-20-7-3-2-4-8-20)25-23(29)17-27-13-15-28(16-14-27)18-24-26-21-9-5-6-10-22(21)30-24/h2-10,19H,11-18H2,1H3,(H,25,29)/p+2/t19-/m0/s1. The second kappa shape index (κ2) is 10.2. The van der Waals surface area contributed by atoms with Crippen LogP contribution in [0.25, 0.3) is 10.2 Å². The molecule has 3 aromatic rings. The molecule has 2 heterocycles. The van der Waals surface area contributed by atoms with Gasteiger partial charge in [0, 0.05) is 6.04 Å². The van der Waals surface area contributed by atoms with Crippen molar-refractivity contribution < 1.29 is 14.6 Å². The number of aryl methyl sites for hydroxylation is 1. The van der Waals surface area contributed by atoms with Gasteiger partial charge in [0.1, 0.15) is 37.7 Å². The number of amides is 1. The summed E-state index contributed by atoms with van der Waals surface area (Å²) in [4.78, 5) is 20.2. The molecular weight excluding hydrogens is 392 g/mol. The van der Waals surface area contributed by atoms with Crippen LogP contribution in [0, 0.1) is 0 Å². The Morgan fingerprint density at radius 3 is 2.50 bits per heavy atom. The summed E-state index contributed by atoms with van der Waals surface area (Å²) in [5.74, 6) is 0.181. The highest BCUT2D eigenvalue weighted by molar-refractivity contribution is 7.18. The summed E-state index contributed by atoms with van der Waals surface area (Å²) in [6.45, 7) is 7.98. The van der Waals surface area contributed by atoms with Gasteiger partial charge < -0.3 is 15.1 Å². The smallest absolute Gasteiger partial charge is 0.275 e.